The van der Waals surface area contributed by atoms with Gasteiger partial charge in [-0.25, -0.2) is 5.43 Å². The van der Waals surface area contributed by atoms with Gasteiger partial charge in [-0.15, -0.1) is 0 Å². The van der Waals surface area contributed by atoms with Crippen molar-refractivity contribution in [3.63, 3.8) is 0 Å². The normalized spacial score (nSPS) is 12.2. The SMILES string of the molecule is CCCOc1ccc(C(NN)c2cccc(Br)c2C)cc1. The fourth-order valence-electron chi connectivity index (χ4n) is 2.28. The van der Waals surface area contributed by atoms with Gasteiger partial charge < -0.3 is 4.74 Å². The first kappa shape index (κ1) is 16.0. The molecule has 3 N–H and O–H groups in total. The van der Waals surface area contributed by atoms with Crippen LogP contribution in [0.4, 0.5) is 0 Å². The van der Waals surface area contributed by atoms with E-state index in [2.05, 4.69) is 53.4 Å². The summed E-state index contributed by atoms with van der Waals surface area (Å²) in [5, 5.41) is 0. The molecule has 0 radical (unpaired) electrons. The van der Waals surface area contributed by atoms with Crippen LogP contribution in [0.15, 0.2) is 46.9 Å². The monoisotopic (exact) mass is 348 g/mol. The fraction of sp³-hybridized carbons (Fsp3) is 0.294. The van der Waals surface area contributed by atoms with Crippen molar-refractivity contribution in [3.05, 3.63) is 63.6 Å². The van der Waals surface area contributed by atoms with E-state index in [1.807, 2.05) is 24.3 Å². The molecule has 0 amide bonds. The zero-order chi connectivity index (χ0) is 15.2. The van der Waals surface area contributed by atoms with E-state index in [1.165, 1.54) is 5.56 Å². The molecule has 0 saturated heterocycles. The van der Waals surface area contributed by atoms with Crippen molar-refractivity contribution in [1.29, 1.82) is 0 Å². The Morgan fingerprint density at radius 3 is 2.52 bits per heavy atom. The molecule has 0 heterocycles. The molecule has 0 saturated carbocycles. The number of nitrogens with two attached hydrogens (primary N) is 1. The van der Waals surface area contributed by atoms with E-state index in [4.69, 9.17) is 10.6 Å². The van der Waals surface area contributed by atoms with Gasteiger partial charge in [-0.05, 0) is 48.2 Å². The molecule has 21 heavy (non-hydrogen) atoms. The molecular weight excluding hydrogens is 328 g/mol. The Balaban J connectivity index is 2.27. The quantitative estimate of drug-likeness (QED) is 0.610. The molecule has 2 aromatic rings. The van der Waals surface area contributed by atoms with Crippen molar-refractivity contribution in [1.82, 2.24) is 5.43 Å². The predicted octanol–water partition coefficient (Wildman–Crippen LogP) is 4.10. The summed E-state index contributed by atoms with van der Waals surface area (Å²) in [6, 6.07) is 14.2. The maximum Gasteiger partial charge on any atom is 0.119 e. The van der Waals surface area contributed by atoms with Crippen molar-refractivity contribution in [3.8, 4) is 5.75 Å². The lowest BCUT2D eigenvalue weighted by molar-refractivity contribution is 0.317. The van der Waals surface area contributed by atoms with Crippen LogP contribution >= 0.6 is 15.9 Å². The number of halogens is 1. The Bertz CT molecular complexity index is 584. The van der Waals surface area contributed by atoms with Gasteiger partial charge in [0.15, 0.2) is 0 Å². The summed E-state index contributed by atoms with van der Waals surface area (Å²) in [4.78, 5) is 0. The standard InChI is InChI=1S/C17H21BrN2O/c1-3-11-21-14-9-7-13(8-10-14)17(20-19)15-5-4-6-16(18)12(15)2/h4-10,17,20H,3,11,19H2,1-2H3. The third kappa shape index (κ3) is 3.84. The summed E-state index contributed by atoms with van der Waals surface area (Å²) in [7, 11) is 0. The van der Waals surface area contributed by atoms with Gasteiger partial charge in [-0.2, -0.15) is 0 Å². The Morgan fingerprint density at radius 2 is 1.90 bits per heavy atom. The zero-order valence-corrected chi connectivity index (χ0v) is 14.0. The van der Waals surface area contributed by atoms with Crippen molar-refractivity contribution in [2.75, 3.05) is 6.61 Å². The fourth-order valence-corrected chi connectivity index (χ4v) is 2.66. The average molecular weight is 349 g/mol. The lowest BCUT2D eigenvalue weighted by Gasteiger charge is -2.20. The van der Waals surface area contributed by atoms with Gasteiger partial charge in [0.2, 0.25) is 0 Å². The number of rotatable bonds is 6. The summed E-state index contributed by atoms with van der Waals surface area (Å²) in [6.45, 7) is 4.92. The van der Waals surface area contributed by atoms with E-state index in [9.17, 15) is 0 Å². The minimum Gasteiger partial charge on any atom is -0.494 e. The minimum atomic E-state index is -0.0391. The number of hydrogen-bond acceptors (Lipinski definition) is 3. The van der Waals surface area contributed by atoms with E-state index >= 15 is 0 Å². The summed E-state index contributed by atoms with van der Waals surface area (Å²) in [5.41, 5.74) is 6.37. The maximum atomic E-state index is 5.78. The second-order valence-electron chi connectivity index (χ2n) is 4.97. The molecule has 2 rings (SSSR count). The van der Waals surface area contributed by atoms with Gasteiger partial charge in [-0.3, -0.25) is 5.84 Å². The smallest absolute Gasteiger partial charge is 0.119 e. The molecule has 112 valence electrons. The Morgan fingerprint density at radius 1 is 1.19 bits per heavy atom. The Labute approximate surface area is 134 Å². The zero-order valence-electron chi connectivity index (χ0n) is 12.4. The van der Waals surface area contributed by atoms with Crippen molar-refractivity contribution in [2.45, 2.75) is 26.3 Å². The molecule has 2 aromatic carbocycles. The minimum absolute atomic E-state index is 0.0391. The van der Waals surface area contributed by atoms with E-state index in [1.54, 1.807) is 0 Å². The van der Waals surface area contributed by atoms with Gasteiger partial charge in [0, 0.05) is 4.47 Å². The van der Waals surface area contributed by atoms with Crippen molar-refractivity contribution >= 4 is 15.9 Å². The van der Waals surface area contributed by atoms with Gasteiger partial charge >= 0.3 is 0 Å². The van der Waals surface area contributed by atoms with Crippen LogP contribution in [-0.2, 0) is 0 Å². The average Bonchev–Trinajstić information content (AvgIpc) is 2.51. The van der Waals surface area contributed by atoms with Crippen LogP contribution in [0.5, 0.6) is 5.75 Å². The van der Waals surface area contributed by atoms with Gasteiger partial charge in [-0.1, -0.05) is 47.1 Å². The lowest BCUT2D eigenvalue weighted by atomic mass is 9.95. The molecule has 4 heteroatoms. The third-order valence-corrected chi connectivity index (χ3v) is 4.33. The molecule has 0 aliphatic carbocycles. The molecular formula is C17H21BrN2O. The third-order valence-electron chi connectivity index (χ3n) is 3.47. The highest BCUT2D eigenvalue weighted by Gasteiger charge is 2.15. The highest BCUT2D eigenvalue weighted by atomic mass is 79.9. The van der Waals surface area contributed by atoms with E-state index in [0.717, 1.165) is 34.4 Å². The van der Waals surface area contributed by atoms with Gasteiger partial charge in [0.25, 0.3) is 0 Å². The van der Waals surface area contributed by atoms with E-state index in [0.29, 0.717) is 0 Å². The topological polar surface area (TPSA) is 47.3 Å². The first-order chi connectivity index (χ1) is 10.2. The number of benzene rings is 2. The first-order valence-electron chi connectivity index (χ1n) is 7.11. The number of hydrazine groups is 1. The summed E-state index contributed by atoms with van der Waals surface area (Å²) < 4.78 is 6.70. The lowest BCUT2D eigenvalue weighted by Crippen LogP contribution is -2.29. The van der Waals surface area contributed by atoms with Crippen LogP contribution in [0.1, 0.15) is 36.1 Å². The molecule has 0 aromatic heterocycles. The van der Waals surface area contributed by atoms with Crippen molar-refractivity contribution in [2.24, 2.45) is 5.84 Å². The van der Waals surface area contributed by atoms with Crippen LogP contribution in [0.3, 0.4) is 0 Å². The molecule has 0 bridgehead atoms. The van der Waals surface area contributed by atoms with Crippen LogP contribution in [-0.4, -0.2) is 6.61 Å². The van der Waals surface area contributed by atoms with Gasteiger partial charge in [0.1, 0.15) is 5.75 Å². The highest BCUT2D eigenvalue weighted by Crippen LogP contribution is 2.29. The number of nitrogens with one attached hydrogen (secondary N) is 1. The second kappa shape index (κ2) is 7.59. The van der Waals surface area contributed by atoms with Gasteiger partial charge in [0.05, 0.1) is 12.6 Å². The Kier molecular flexibility index (Phi) is 5.79. The number of hydrogen-bond donors (Lipinski definition) is 2. The van der Waals surface area contributed by atoms with E-state index in [-0.39, 0.29) is 6.04 Å². The molecule has 0 fully saturated rings. The molecule has 0 aliphatic heterocycles. The summed E-state index contributed by atoms with van der Waals surface area (Å²) in [5.74, 6) is 6.67. The van der Waals surface area contributed by atoms with Crippen LogP contribution in [0, 0.1) is 6.92 Å². The molecule has 3 nitrogen and oxygen atoms in total. The van der Waals surface area contributed by atoms with E-state index < -0.39 is 0 Å². The molecule has 0 aliphatic rings. The molecule has 0 spiro atoms. The number of ether oxygens (including phenoxy) is 1. The second-order valence-corrected chi connectivity index (χ2v) is 5.83. The molecule has 1 unspecified atom stereocenters. The molecule has 1 atom stereocenters. The maximum absolute atomic E-state index is 5.78. The first-order valence-corrected chi connectivity index (χ1v) is 7.90. The summed E-state index contributed by atoms with van der Waals surface area (Å²) in [6.07, 6.45) is 1.01. The highest BCUT2D eigenvalue weighted by molar-refractivity contribution is 9.10. The van der Waals surface area contributed by atoms with Crippen LogP contribution < -0.4 is 16.0 Å². The Hall–Kier alpha value is -1.36. The van der Waals surface area contributed by atoms with Crippen LogP contribution in [0.2, 0.25) is 0 Å². The van der Waals surface area contributed by atoms with Crippen LogP contribution in [0.25, 0.3) is 0 Å². The largest absolute Gasteiger partial charge is 0.494 e. The van der Waals surface area contributed by atoms with Crippen molar-refractivity contribution < 1.29 is 4.74 Å². The summed E-state index contributed by atoms with van der Waals surface area (Å²) >= 11 is 3.57. The predicted molar refractivity (Wildman–Crippen MR) is 90.3 cm³/mol.